The van der Waals surface area contributed by atoms with E-state index in [0.29, 0.717) is 65.2 Å². The lowest BCUT2D eigenvalue weighted by atomic mass is 9.99. The van der Waals surface area contributed by atoms with Crippen LogP contribution in [0.2, 0.25) is 0 Å². The summed E-state index contributed by atoms with van der Waals surface area (Å²) in [7, 11) is 0. The van der Waals surface area contributed by atoms with Crippen LogP contribution in [0.25, 0.3) is 65.2 Å². The molecule has 0 amide bonds. The minimum absolute atomic E-state index is 0.205. The topological polar surface area (TPSA) is 99.9 Å². The molecule has 6 heteroatoms. The average Bonchev–Trinajstić information content (AvgIpc) is 3.03. The van der Waals surface area contributed by atoms with Crippen molar-refractivity contribution in [2.24, 2.45) is 0 Å². The number of H-pyrrole nitrogens is 2. The van der Waals surface area contributed by atoms with Crippen LogP contribution in [-0.4, -0.2) is 9.97 Å². The summed E-state index contributed by atoms with van der Waals surface area (Å²) in [6.45, 7) is 12.0. The highest BCUT2D eigenvalue weighted by atomic mass is 16.1. The third-order valence-corrected chi connectivity index (χ3v) is 6.71. The van der Waals surface area contributed by atoms with E-state index >= 15 is 0 Å². The fraction of sp³-hybridized carbons (Fsp3) is 0.176. The molecule has 0 unspecified atom stereocenters. The van der Waals surface area contributed by atoms with Crippen molar-refractivity contribution in [1.82, 2.24) is 9.97 Å². The number of rotatable bonds is 0. The van der Waals surface area contributed by atoms with Crippen molar-refractivity contribution in [3.63, 3.8) is 0 Å². The van der Waals surface area contributed by atoms with Crippen LogP contribution in [0.1, 0.15) is 41.5 Å². The Labute approximate surface area is 230 Å². The molecule has 0 aliphatic carbocycles. The molecule has 40 heavy (non-hydrogen) atoms. The van der Waals surface area contributed by atoms with Gasteiger partial charge in [-0.15, -0.1) is 0 Å². The molecule has 0 spiro atoms. The van der Waals surface area contributed by atoms with Gasteiger partial charge in [0.1, 0.15) is 0 Å². The summed E-state index contributed by atoms with van der Waals surface area (Å²) >= 11 is 0. The standard InChI is InChI=1S/C28H14N2O4.3C2H6/c31-25-13-5-1-3-7-15(13)27(33)21-17(25)9-11-19-23(21)29-20-12-10-18-22(24(20)30-19)28(34)16-8-4-2-6-14(16)26(18)32;3*1-2/h1-12,29-30H;3*1-2H3. The van der Waals surface area contributed by atoms with Crippen LogP contribution < -0.4 is 21.7 Å². The van der Waals surface area contributed by atoms with Gasteiger partial charge < -0.3 is 9.97 Å². The summed E-state index contributed by atoms with van der Waals surface area (Å²) in [5, 5.41) is 2.76. The molecule has 0 aliphatic heterocycles. The van der Waals surface area contributed by atoms with Gasteiger partial charge in [-0.2, -0.15) is 0 Å². The Bertz CT molecular complexity index is 2100. The zero-order valence-corrected chi connectivity index (χ0v) is 23.6. The van der Waals surface area contributed by atoms with Gasteiger partial charge >= 0.3 is 0 Å². The molecule has 7 rings (SSSR count). The predicted molar refractivity (Wildman–Crippen MR) is 170 cm³/mol. The number of aromatic amines is 2. The first-order valence-corrected chi connectivity index (χ1v) is 13.8. The molecule has 0 radical (unpaired) electrons. The van der Waals surface area contributed by atoms with E-state index in [1.807, 2.05) is 41.5 Å². The van der Waals surface area contributed by atoms with Crippen molar-refractivity contribution in [3.8, 4) is 0 Å². The summed E-state index contributed by atoms with van der Waals surface area (Å²) in [5.41, 5.74) is 1.18. The van der Waals surface area contributed by atoms with E-state index in [0.717, 1.165) is 0 Å². The van der Waals surface area contributed by atoms with Gasteiger partial charge in [-0.3, -0.25) is 19.2 Å². The normalized spacial score (nSPS) is 10.7. The van der Waals surface area contributed by atoms with Gasteiger partial charge in [-0.05, 0) is 24.3 Å². The van der Waals surface area contributed by atoms with E-state index in [4.69, 9.17) is 0 Å². The predicted octanol–water partition coefficient (Wildman–Crippen LogP) is 7.22. The molecule has 0 fully saturated rings. The van der Waals surface area contributed by atoms with Gasteiger partial charge in [0.2, 0.25) is 0 Å². The maximum Gasteiger partial charge on any atom is 0.196 e. The van der Waals surface area contributed by atoms with Crippen molar-refractivity contribution in [2.75, 3.05) is 0 Å². The van der Waals surface area contributed by atoms with Gasteiger partial charge in [-0.25, -0.2) is 0 Å². The number of hydrogen-bond acceptors (Lipinski definition) is 4. The summed E-state index contributed by atoms with van der Waals surface area (Å²) in [5.74, 6) is 0. The summed E-state index contributed by atoms with van der Waals surface area (Å²) in [4.78, 5) is 59.5. The fourth-order valence-corrected chi connectivity index (χ4v) is 5.11. The number of benzene rings is 6. The van der Waals surface area contributed by atoms with Crippen LogP contribution in [0.5, 0.6) is 0 Å². The molecule has 2 N–H and O–H groups in total. The molecule has 6 nitrogen and oxygen atoms in total. The van der Waals surface area contributed by atoms with Crippen LogP contribution in [0.3, 0.4) is 0 Å². The van der Waals surface area contributed by atoms with Gasteiger partial charge in [0.15, 0.2) is 21.7 Å². The molecule has 1 aromatic heterocycles. The monoisotopic (exact) mass is 532 g/mol. The fourth-order valence-electron chi connectivity index (χ4n) is 5.11. The first kappa shape index (κ1) is 28.2. The van der Waals surface area contributed by atoms with E-state index < -0.39 is 0 Å². The molecular formula is C34H32N2O4. The SMILES string of the molecule is CC.CC.CC.O=c1c2ccccc2c(=O)c2c1ccc1[nH]c3c(ccc4c(=O)c5ccccc5c(=O)c43)[nH]c12. The molecule has 0 saturated carbocycles. The van der Waals surface area contributed by atoms with E-state index in [9.17, 15) is 19.2 Å². The van der Waals surface area contributed by atoms with E-state index in [1.165, 1.54) is 0 Å². The quantitative estimate of drug-likeness (QED) is 0.159. The number of nitrogens with one attached hydrogen (secondary N) is 2. The van der Waals surface area contributed by atoms with E-state index in [1.54, 1.807) is 72.8 Å². The van der Waals surface area contributed by atoms with Gasteiger partial charge in [0, 0.05) is 32.3 Å². The maximum absolute atomic E-state index is 13.4. The second kappa shape index (κ2) is 11.5. The second-order valence-corrected chi connectivity index (χ2v) is 8.48. The molecule has 6 aromatic carbocycles. The van der Waals surface area contributed by atoms with Crippen LogP contribution in [-0.2, 0) is 0 Å². The second-order valence-electron chi connectivity index (χ2n) is 8.48. The molecule has 0 atom stereocenters. The van der Waals surface area contributed by atoms with E-state index in [2.05, 4.69) is 9.97 Å². The van der Waals surface area contributed by atoms with Gasteiger partial charge in [0.05, 0.1) is 32.8 Å². The number of fused-ring (bicyclic) bond motifs is 8. The number of aromatic nitrogens is 2. The van der Waals surface area contributed by atoms with E-state index in [-0.39, 0.29) is 21.7 Å². The van der Waals surface area contributed by atoms with Crippen molar-refractivity contribution in [1.29, 1.82) is 0 Å². The first-order chi connectivity index (χ1) is 19.5. The Morgan fingerprint density at radius 2 is 0.675 bits per heavy atom. The van der Waals surface area contributed by atoms with Crippen molar-refractivity contribution in [3.05, 3.63) is 114 Å². The zero-order valence-electron chi connectivity index (χ0n) is 23.6. The maximum atomic E-state index is 13.4. The Balaban J connectivity index is 0.000000580. The summed E-state index contributed by atoms with van der Waals surface area (Å²) < 4.78 is 0. The molecule has 0 aliphatic rings. The molecule has 0 saturated heterocycles. The Morgan fingerprint density at radius 1 is 0.375 bits per heavy atom. The average molecular weight is 533 g/mol. The van der Waals surface area contributed by atoms with Crippen LogP contribution >= 0.6 is 0 Å². The van der Waals surface area contributed by atoms with Crippen LogP contribution in [0.4, 0.5) is 0 Å². The largest absolute Gasteiger partial charge is 0.351 e. The molecule has 1 heterocycles. The summed E-state index contributed by atoms with van der Waals surface area (Å²) in [6, 6.07) is 20.3. The highest BCUT2D eigenvalue weighted by molar-refractivity contribution is 6.14. The third-order valence-electron chi connectivity index (χ3n) is 6.71. The molecule has 0 bridgehead atoms. The lowest BCUT2D eigenvalue weighted by molar-refractivity contribution is 1.41. The minimum atomic E-state index is -0.238. The molecule has 202 valence electrons. The van der Waals surface area contributed by atoms with Crippen molar-refractivity contribution < 1.29 is 0 Å². The Hall–Kier alpha value is -4.84. The lowest BCUT2D eigenvalue weighted by Gasteiger charge is -2.10. The lowest BCUT2D eigenvalue weighted by Crippen LogP contribution is -2.14. The highest BCUT2D eigenvalue weighted by Crippen LogP contribution is 2.26. The van der Waals surface area contributed by atoms with Gasteiger partial charge in [-0.1, -0.05) is 90.1 Å². The Morgan fingerprint density at radius 3 is 1.00 bits per heavy atom. The van der Waals surface area contributed by atoms with Crippen molar-refractivity contribution in [2.45, 2.75) is 41.5 Å². The smallest absolute Gasteiger partial charge is 0.196 e. The third kappa shape index (κ3) is 4.13. The first-order valence-electron chi connectivity index (χ1n) is 13.8. The zero-order chi connectivity index (χ0) is 29.1. The van der Waals surface area contributed by atoms with Crippen LogP contribution in [0, 0.1) is 0 Å². The summed E-state index contributed by atoms with van der Waals surface area (Å²) in [6.07, 6.45) is 0. The minimum Gasteiger partial charge on any atom is -0.351 e. The Kier molecular flexibility index (Phi) is 8.10. The van der Waals surface area contributed by atoms with Crippen molar-refractivity contribution >= 4 is 65.2 Å². The molecule has 7 aromatic rings. The van der Waals surface area contributed by atoms with Gasteiger partial charge in [0.25, 0.3) is 0 Å². The molecular weight excluding hydrogens is 500 g/mol. The number of hydrogen-bond donors (Lipinski definition) is 2. The highest BCUT2D eigenvalue weighted by Gasteiger charge is 2.17. The van der Waals surface area contributed by atoms with Crippen LogP contribution in [0.15, 0.2) is 92.0 Å².